The van der Waals surface area contributed by atoms with E-state index in [9.17, 15) is 0 Å². The summed E-state index contributed by atoms with van der Waals surface area (Å²) in [5, 5.41) is 0.930. The van der Waals surface area contributed by atoms with Gasteiger partial charge in [0.25, 0.3) is 0 Å². The third-order valence-electron chi connectivity index (χ3n) is 4.30. The molecule has 122 valence electrons. The SMILES string of the molecule is CN1CCN(c2nc(Oc3ccccc3)c3ccccc3n2)CC1. The molecule has 0 bridgehead atoms. The number of rotatable bonds is 3. The lowest BCUT2D eigenvalue weighted by atomic mass is 10.2. The zero-order chi connectivity index (χ0) is 16.4. The van der Waals surface area contributed by atoms with Crippen LogP contribution in [0.1, 0.15) is 0 Å². The van der Waals surface area contributed by atoms with E-state index in [1.54, 1.807) is 0 Å². The van der Waals surface area contributed by atoms with Crippen molar-refractivity contribution in [3.63, 3.8) is 0 Å². The molecule has 0 saturated carbocycles. The average Bonchev–Trinajstić information content (AvgIpc) is 2.63. The Morgan fingerprint density at radius 3 is 2.33 bits per heavy atom. The molecule has 5 heteroatoms. The Hall–Kier alpha value is -2.66. The Balaban J connectivity index is 1.73. The van der Waals surface area contributed by atoms with Crippen LogP contribution in [0.3, 0.4) is 0 Å². The van der Waals surface area contributed by atoms with Crippen LogP contribution in [0.25, 0.3) is 10.9 Å². The molecule has 3 aromatic rings. The van der Waals surface area contributed by atoms with Crippen LogP contribution in [-0.2, 0) is 0 Å². The smallest absolute Gasteiger partial charge is 0.231 e. The van der Waals surface area contributed by atoms with Crippen LogP contribution >= 0.6 is 0 Å². The molecule has 2 aromatic carbocycles. The van der Waals surface area contributed by atoms with E-state index in [0.717, 1.165) is 48.8 Å². The second-order valence-corrected chi connectivity index (χ2v) is 6.05. The van der Waals surface area contributed by atoms with Gasteiger partial charge in [-0.1, -0.05) is 30.3 Å². The van der Waals surface area contributed by atoms with Crippen LogP contribution in [0.5, 0.6) is 11.6 Å². The highest BCUT2D eigenvalue weighted by atomic mass is 16.5. The van der Waals surface area contributed by atoms with Gasteiger partial charge in [0.15, 0.2) is 0 Å². The molecule has 1 fully saturated rings. The monoisotopic (exact) mass is 320 g/mol. The Kier molecular flexibility index (Phi) is 4.01. The second kappa shape index (κ2) is 6.45. The molecular weight excluding hydrogens is 300 g/mol. The zero-order valence-corrected chi connectivity index (χ0v) is 13.7. The van der Waals surface area contributed by atoms with Gasteiger partial charge in [-0.05, 0) is 31.3 Å². The maximum atomic E-state index is 6.06. The quantitative estimate of drug-likeness (QED) is 0.741. The van der Waals surface area contributed by atoms with E-state index in [-0.39, 0.29) is 0 Å². The van der Waals surface area contributed by atoms with E-state index in [0.29, 0.717) is 5.88 Å². The first-order chi connectivity index (χ1) is 11.8. The summed E-state index contributed by atoms with van der Waals surface area (Å²) in [5.74, 6) is 2.14. The molecule has 4 rings (SSSR count). The molecule has 24 heavy (non-hydrogen) atoms. The minimum atomic E-state index is 0.612. The van der Waals surface area contributed by atoms with Gasteiger partial charge in [-0.15, -0.1) is 0 Å². The maximum absolute atomic E-state index is 6.06. The molecule has 0 radical (unpaired) electrons. The molecular formula is C19H20N4O. The molecule has 1 aliphatic rings. The highest BCUT2D eigenvalue weighted by Gasteiger charge is 2.19. The molecule has 0 unspecified atom stereocenters. The van der Waals surface area contributed by atoms with Gasteiger partial charge in [0, 0.05) is 26.2 Å². The van der Waals surface area contributed by atoms with Crippen molar-refractivity contribution in [1.29, 1.82) is 0 Å². The molecule has 1 aliphatic heterocycles. The van der Waals surface area contributed by atoms with Gasteiger partial charge >= 0.3 is 0 Å². The maximum Gasteiger partial charge on any atom is 0.231 e. The third-order valence-corrected chi connectivity index (χ3v) is 4.30. The van der Waals surface area contributed by atoms with Gasteiger partial charge in [0.05, 0.1) is 10.9 Å². The Morgan fingerprint density at radius 1 is 0.833 bits per heavy atom. The molecule has 0 atom stereocenters. The molecule has 0 amide bonds. The van der Waals surface area contributed by atoms with Crippen LogP contribution in [0.4, 0.5) is 5.95 Å². The molecule has 2 heterocycles. The molecule has 0 aliphatic carbocycles. The summed E-state index contributed by atoms with van der Waals surface area (Å²) in [5.41, 5.74) is 0.910. The number of aromatic nitrogens is 2. The van der Waals surface area contributed by atoms with Crippen molar-refractivity contribution in [2.45, 2.75) is 0 Å². The van der Waals surface area contributed by atoms with E-state index in [2.05, 4.69) is 16.8 Å². The van der Waals surface area contributed by atoms with E-state index in [1.807, 2.05) is 54.6 Å². The highest BCUT2D eigenvalue weighted by molar-refractivity contribution is 5.84. The highest BCUT2D eigenvalue weighted by Crippen LogP contribution is 2.29. The van der Waals surface area contributed by atoms with E-state index < -0.39 is 0 Å². The summed E-state index contributed by atoms with van der Waals surface area (Å²) < 4.78 is 6.06. The summed E-state index contributed by atoms with van der Waals surface area (Å²) in [7, 11) is 2.14. The fourth-order valence-corrected chi connectivity index (χ4v) is 2.86. The second-order valence-electron chi connectivity index (χ2n) is 6.05. The summed E-state index contributed by atoms with van der Waals surface area (Å²) in [4.78, 5) is 14.0. The number of hydrogen-bond acceptors (Lipinski definition) is 5. The first-order valence-electron chi connectivity index (χ1n) is 8.23. The van der Waals surface area contributed by atoms with Crippen LogP contribution < -0.4 is 9.64 Å². The van der Waals surface area contributed by atoms with Crippen LogP contribution in [0.2, 0.25) is 0 Å². The van der Waals surface area contributed by atoms with Crippen molar-refractivity contribution in [3.8, 4) is 11.6 Å². The van der Waals surface area contributed by atoms with Crippen molar-refractivity contribution in [1.82, 2.24) is 14.9 Å². The molecule has 0 spiro atoms. The third kappa shape index (κ3) is 3.03. The van der Waals surface area contributed by atoms with Gasteiger partial charge in [0.2, 0.25) is 11.8 Å². The number of fused-ring (bicyclic) bond motifs is 1. The molecule has 0 N–H and O–H groups in total. The average molecular weight is 320 g/mol. The first kappa shape index (κ1) is 14.9. The fourth-order valence-electron chi connectivity index (χ4n) is 2.86. The number of para-hydroxylation sites is 2. The normalized spacial score (nSPS) is 15.6. The molecule has 5 nitrogen and oxygen atoms in total. The van der Waals surface area contributed by atoms with Gasteiger partial charge in [-0.25, -0.2) is 4.98 Å². The summed E-state index contributed by atoms with van der Waals surface area (Å²) in [6, 6.07) is 17.8. The summed E-state index contributed by atoms with van der Waals surface area (Å²) >= 11 is 0. The van der Waals surface area contributed by atoms with E-state index in [4.69, 9.17) is 14.7 Å². The Labute approximate surface area is 141 Å². The van der Waals surface area contributed by atoms with Crippen molar-refractivity contribution < 1.29 is 4.74 Å². The largest absolute Gasteiger partial charge is 0.438 e. The minimum Gasteiger partial charge on any atom is -0.438 e. The van der Waals surface area contributed by atoms with Crippen molar-refractivity contribution in [2.24, 2.45) is 0 Å². The molecule has 1 aromatic heterocycles. The number of anilines is 1. The van der Waals surface area contributed by atoms with Crippen LogP contribution in [0, 0.1) is 0 Å². The standard InChI is InChI=1S/C19H20N4O/c1-22-11-13-23(14-12-22)19-20-17-10-6-5-9-16(17)18(21-19)24-15-7-3-2-4-8-15/h2-10H,11-14H2,1H3. The fraction of sp³-hybridized carbons (Fsp3) is 0.263. The van der Waals surface area contributed by atoms with Crippen LogP contribution in [-0.4, -0.2) is 48.1 Å². The van der Waals surface area contributed by atoms with Gasteiger partial charge < -0.3 is 14.5 Å². The van der Waals surface area contributed by atoms with Gasteiger partial charge in [0.1, 0.15) is 5.75 Å². The van der Waals surface area contributed by atoms with Gasteiger partial charge in [-0.3, -0.25) is 0 Å². The number of nitrogens with zero attached hydrogens (tertiary/aromatic N) is 4. The topological polar surface area (TPSA) is 41.5 Å². The number of benzene rings is 2. The lowest BCUT2D eigenvalue weighted by Gasteiger charge is -2.32. The van der Waals surface area contributed by atoms with Crippen LogP contribution in [0.15, 0.2) is 54.6 Å². The summed E-state index contributed by atoms with van der Waals surface area (Å²) in [6.07, 6.45) is 0. The molecule has 1 saturated heterocycles. The predicted molar refractivity (Wildman–Crippen MR) is 95.8 cm³/mol. The van der Waals surface area contributed by atoms with Gasteiger partial charge in [-0.2, -0.15) is 4.98 Å². The first-order valence-corrected chi connectivity index (χ1v) is 8.23. The minimum absolute atomic E-state index is 0.612. The lowest BCUT2D eigenvalue weighted by molar-refractivity contribution is 0.311. The van der Waals surface area contributed by atoms with Crippen molar-refractivity contribution >= 4 is 16.9 Å². The summed E-state index contributed by atoms with van der Waals surface area (Å²) in [6.45, 7) is 3.90. The Morgan fingerprint density at radius 2 is 1.54 bits per heavy atom. The number of likely N-dealkylation sites (N-methyl/N-ethyl adjacent to an activating group) is 1. The number of piperazine rings is 1. The van der Waals surface area contributed by atoms with E-state index in [1.165, 1.54) is 0 Å². The predicted octanol–water partition coefficient (Wildman–Crippen LogP) is 3.17. The number of ether oxygens (including phenoxy) is 1. The zero-order valence-electron chi connectivity index (χ0n) is 13.7. The van der Waals surface area contributed by atoms with Crippen molar-refractivity contribution in [2.75, 3.05) is 38.1 Å². The lowest BCUT2D eigenvalue weighted by Crippen LogP contribution is -2.45. The van der Waals surface area contributed by atoms with E-state index >= 15 is 0 Å². The Bertz CT molecular complexity index is 829. The van der Waals surface area contributed by atoms with Crippen molar-refractivity contribution in [3.05, 3.63) is 54.6 Å². The number of hydrogen-bond donors (Lipinski definition) is 0.